The standard InChI is InChI=1S/C15H16N2O2.ClH/c1-12(13-6-3-2-4-7-13)16-15(19)11-17-9-5-8-14(18)10-17;/h2-10,12H,11H2,1H3,(H-,16,18,19);1H. The van der Waals surface area contributed by atoms with Crippen LogP contribution in [0.2, 0.25) is 0 Å². The highest BCUT2D eigenvalue weighted by Crippen LogP contribution is 2.10. The lowest BCUT2D eigenvalue weighted by Crippen LogP contribution is -3.00. The average Bonchev–Trinajstić information content (AvgIpc) is 2.39. The summed E-state index contributed by atoms with van der Waals surface area (Å²) in [5.74, 6) is 0.0540. The van der Waals surface area contributed by atoms with E-state index in [2.05, 4.69) is 5.32 Å². The van der Waals surface area contributed by atoms with E-state index in [4.69, 9.17) is 0 Å². The number of carbonyl (C=O) groups excluding carboxylic acids is 1. The second-order valence-corrected chi connectivity index (χ2v) is 4.43. The fraction of sp³-hybridized carbons (Fsp3) is 0.200. The molecule has 1 atom stereocenters. The van der Waals surface area contributed by atoms with Crippen molar-refractivity contribution in [3.63, 3.8) is 0 Å². The Morgan fingerprint density at radius 2 is 1.95 bits per heavy atom. The minimum Gasteiger partial charge on any atom is -1.00 e. The lowest BCUT2D eigenvalue weighted by molar-refractivity contribution is -0.684. The Labute approximate surface area is 124 Å². The van der Waals surface area contributed by atoms with Gasteiger partial charge in [0.15, 0.2) is 11.9 Å². The Hall–Kier alpha value is -2.07. The molecule has 4 nitrogen and oxygen atoms in total. The van der Waals surface area contributed by atoms with Gasteiger partial charge in [0.2, 0.25) is 12.7 Å². The Bertz CT molecular complexity index is 561. The van der Waals surface area contributed by atoms with Gasteiger partial charge in [0, 0.05) is 6.07 Å². The van der Waals surface area contributed by atoms with E-state index >= 15 is 0 Å². The largest absolute Gasteiger partial charge is 1.00 e. The average molecular weight is 293 g/mol. The van der Waals surface area contributed by atoms with Gasteiger partial charge in [-0.3, -0.25) is 4.79 Å². The summed E-state index contributed by atoms with van der Waals surface area (Å²) in [5.41, 5.74) is 1.07. The first-order chi connectivity index (χ1) is 9.15. The van der Waals surface area contributed by atoms with Crippen LogP contribution in [0.3, 0.4) is 0 Å². The number of halogens is 1. The summed E-state index contributed by atoms with van der Waals surface area (Å²) in [6.07, 6.45) is 3.26. The lowest BCUT2D eigenvalue weighted by atomic mass is 10.1. The lowest BCUT2D eigenvalue weighted by Gasteiger charge is -2.12. The van der Waals surface area contributed by atoms with Crippen LogP contribution in [0.4, 0.5) is 0 Å². The van der Waals surface area contributed by atoms with Crippen molar-refractivity contribution in [3.8, 4) is 5.75 Å². The first kappa shape index (κ1) is 16.0. The second-order valence-electron chi connectivity index (χ2n) is 4.43. The van der Waals surface area contributed by atoms with Gasteiger partial charge in [0.05, 0.1) is 6.04 Å². The van der Waals surface area contributed by atoms with Gasteiger partial charge in [0.25, 0.3) is 5.91 Å². The van der Waals surface area contributed by atoms with E-state index in [1.54, 1.807) is 22.9 Å². The van der Waals surface area contributed by atoms with Gasteiger partial charge in [-0.2, -0.15) is 4.57 Å². The Balaban J connectivity index is 0.00000200. The van der Waals surface area contributed by atoms with Crippen molar-refractivity contribution < 1.29 is 26.9 Å². The van der Waals surface area contributed by atoms with Gasteiger partial charge in [-0.15, -0.1) is 0 Å². The molecule has 0 aliphatic rings. The quantitative estimate of drug-likeness (QED) is 0.679. The molecule has 20 heavy (non-hydrogen) atoms. The fourth-order valence-electron chi connectivity index (χ4n) is 1.88. The molecule has 1 aromatic heterocycles. The molecule has 2 rings (SSSR count). The number of nitrogens with zero attached hydrogens (tertiary/aromatic N) is 1. The van der Waals surface area contributed by atoms with E-state index in [1.165, 1.54) is 6.20 Å². The van der Waals surface area contributed by atoms with Crippen LogP contribution in [0.1, 0.15) is 18.5 Å². The Kier molecular flexibility index (Phi) is 6.00. The molecule has 0 radical (unpaired) electrons. The highest BCUT2D eigenvalue weighted by atomic mass is 35.5. The van der Waals surface area contributed by atoms with Crippen LogP contribution in [0.5, 0.6) is 5.75 Å². The van der Waals surface area contributed by atoms with Crippen molar-refractivity contribution in [3.05, 3.63) is 60.4 Å². The molecule has 2 aromatic rings. The van der Waals surface area contributed by atoms with E-state index in [0.29, 0.717) is 0 Å². The number of amides is 1. The van der Waals surface area contributed by atoms with Crippen molar-refractivity contribution in [2.75, 3.05) is 0 Å². The van der Waals surface area contributed by atoms with Crippen molar-refractivity contribution in [2.45, 2.75) is 19.5 Å². The van der Waals surface area contributed by atoms with E-state index in [9.17, 15) is 9.90 Å². The monoisotopic (exact) mass is 292 g/mol. The topological polar surface area (TPSA) is 53.2 Å². The molecule has 1 unspecified atom stereocenters. The maximum absolute atomic E-state index is 11.9. The summed E-state index contributed by atoms with van der Waals surface area (Å²) >= 11 is 0. The number of rotatable bonds is 4. The van der Waals surface area contributed by atoms with Gasteiger partial charge in [0.1, 0.15) is 0 Å². The molecule has 0 spiro atoms. The minimum absolute atomic E-state index is 0. The van der Waals surface area contributed by atoms with E-state index in [-0.39, 0.29) is 36.7 Å². The predicted octanol–water partition coefficient (Wildman–Crippen LogP) is -1.44. The van der Waals surface area contributed by atoms with Crippen LogP contribution in [0.25, 0.3) is 0 Å². The van der Waals surface area contributed by atoms with Crippen LogP contribution in [-0.4, -0.2) is 11.0 Å². The molecule has 2 N–H and O–H groups in total. The van der Waals surface area contributed by atoms with Crippen LogP contribution in [0, 0.1) is 0 Å². The Morgan fingerprint density at radius 3 is 2.60 bits per heavy atom. The van der Waals surface area contributed by atoms with Crippen molar-refractivity contribution in [2.24, 2.45) is 0 Å². The summed E-state index contributed by atoms with van der Waals surface area (Å²) in [6, 6.07) is 13.0. The van der Waals surface area contributed by atoms with Gasteiger partial charge < -0.3 is 22.8 Å². The summed E-state index contributed by atoms with van der Waals surface area (Å²) < 4.78 is 1.64. The van der Waals surface area contributed by atoms with Gasteiger partial charge >= 0.3 is 0 Å². The Morgan fingerprint density at radius 1 is 1.25 bits per heavy atom. The molecule has 0 aliphatic heterocycles. The zero-order valence-electron chi connectivity index (χ0n) is 11.2. The van der Waals surface area contributed by atoms with Crippen LogP contribution >= 0.6 is 0 Å². The molecule has 0 saturated heterocycles. The number of pyridine rings is 1. The molecule has 1 aromatic carbocycles. The fourth-order valence-corrected chi connectivity index (χ4v) is 1.88. The summed E-state index contributed by atoms with van der Waals surface area (Å²) in [6.45, 7) is 2.13. The summed E-state index contributed by atoms with van der Waals surface area (Å²) in [5, 5.41) is 12.3. The van der Waals surface area contributed by atoms with E-state index < -0.39 is 0 Å². The van der Waals surface area contributed by atoms with Gasteiger partial charge in [-0.25, -0.2) is 0 Å². The van der Waals surface area contributed by atoms with Gasteiger partial charge in [-0.05, 0) is 18.6 Å². The van der Waals surface area contributed by atoms with Gasteiger partial charge in [-0.1, -0.05) is 30.3 Å². The number of aromatic hydroxyl groups is 1. The minimum atomic E-state index is -0.0908. The maximum Gasteiger partial charge on any atom is 0.286 e. The van der Waals surface area contributed by atoms with E-state index in [0.717, 1.165) is 5.56 Å². The van der Waals surface area contributed by atoms with Crippen LogP contribution < -0.4 is 22.3 Å². The number of hydrogen-bond donors (Lipinski definition) is 2. The molecule has 1 heterocycles. The normalized spacial score (nSPS) is 11.2. The first-order valence-corrected chi connectivity index (χ1v) is 6.17. The summed E-state index contributed by atoms with van der Waals surface area (Å²) in [7, 11) is 0. The number of hydrogen-bond acceptors (Lipinski definition) is 2. The highest BCUT2D eigenvalue weighted by Gasteiger charge is 2.13. The zero-order valence-corrected chi connectivity index (χ0v) is 11.9. The van der Waals surface area contributed by atoms with Crippen LogP contribution in [-0.2, 0) is 11.3 Å². The maximum atomic E-state index is 11.9. The molecule has 0 fully saturated rings. The molecule has 1 amide bonds. The molecular weight excluding hydrogens is 276 g/mol. The number of benzene rings is 1. The molecule has 0 bridgehead atoms. The number of carbonyl (C=O) groups is 1. The molecular formula is C15H17ClN2O2. The third kappa shape index (κ3) is 4.55. The van der Waals surface area contributed by atoms with E-state index in [1.807, 2.05) is 37.3 Å². The van der Waals surface area contributed by atoms with Crippen molar-refractivity contribution >= 4 is 5.91 Å². The highest BCUT2D eigenvalue weighted by molar-refractivity contribution is 5.74. The third-order valence-electron chi connectivity index (χ3n) is 2.85. The summed E-state index contributed by atoms with van der Waals surface area (Å²) in [4.78, 5) is 11.9. The molecule has 5 heteroatoms. The van der Waals surface area contributed by atoms with Crippen molar-refractivity contribution in [1.82, 2.24) is 5.32 Å². The van der Waals surface area contributed by atoms with Crippen molar-refractivity contribution in [1.29, 1.82) is 0 Å². The number of aromatic nitrogens is 1. The smallest absolute Gasteiger partial charge is 0.286 e. The molecule has 0 saturated carbocycles. The zero-order chi connectivity index (χ0) is 13.7. The second kappa shape index (κ2) is 7.50. The predicted molar refractivity (Wildman–Crippen MR) is 71.3 cm³/mol. The molecule has 0 aliphatic carbocycles. The van der Waals surface area contributed by atoms with Crippen LogP contribution in [0.15, 0.2) is 54.9 Å². The SMILES string of the molecule is CC(NC(=O)C[n+]1cccc(O)c1)c1ccccc1.[Cl-]. The number of nitrogens with one attached hydrogen (secondary N) is 1. The third-order valence-corrected chi connectivity index (χ3v) is 2.85. The molecule has 106 valence electrons. The first-order valence-electron chi connectivity index (χ1n) is 6.17.